The van der Waals surface area contributed by atoms with Crippen molar-refractivity contribution in [3.05, 3.63) is 68.2 Å². The number of hydrogen-bond acceptors (Lipinski definition) is 6. The zero-order valence-electron chi connectivity index (χ0n) is 19.7. The average Bonchev–Trinajstić information content (AvgIpc) is 3.05. The highest BCUT2D eigenvalue weighted by Gasteiger charge is 2.35. The first-order chi connectivity index (χ1) is 16.2. The summed E-state index contributed by atoms with van der Waals surface area (Å²) < 4.78 is 17.9. The molecule has 180 valence electrons. The number of carbonyl (C=O) groups is 2. The quantitative estimate of drug-likeness (QED) is 0.180. The number of imide groups is 1. The van der Waals surface area contributed by atoms with E-state index in [1.54, 1.807) is 25.3 Å². The van der Waals surface area contributed by atoms with Crippen molar-refractivity contribution in [2.45, 2.75) is 26.7 Å². The number of rotatable bonds is 10. The van der Waals surface area contributed by atoms with Crippen LogP contribution in [0, 0.1) is 10.5 Å². The van der Waals surface area contributed by atoms with E-state index >= 15 is 0 Å². The lowest BCUT2D eigenvalue weighted by molar-refractivity contribution is -0.123. The lowest BCUT2D eigenvalue weighted by Gasteiger charge is -2.17. The van der Waals surface area contributed by atoms with Gasteiger partial charge in [0.2, 0.25) is 0 Å². The lowest BCUT2D eigenvalue weighted by atomic mass is 10.0. The molecule has 0 aromatic heterocycles. The van der Waals surface area contributed by atoms with Crippen molar-refractivity contribution < 1.29 is 23.8 Å². The van der Waals surface area contributed by atoms with Crippen LogP contribution in [0.4, 0.5) is 4.79 Å². The number of nitrogens with zero attached hydrogens (tertiary/aromatic N) is 1. The van der Waals surface area contributed by atoms with Gasteiger partial charge in [-0.2, -0.15) is 0 Å². The Balaban J connectivity index is 1.72. The van der Waals surface area contributed by atoms with E-state index in [1.165, 1.54) is 4.90 Å². The van der Waals surface area contributed by atoms with Crippen LogP contribution < -0.4 is 14.2 Å². The lowest BCUT2D eigenvalue weighted by Crippen LogP contribution is -2.32. The third-order valence-corrected chi connectivity index (χ3v) is 6.84. The van der Waals surface area contributed by atoms with E-state index in [0.29, 0.717) is 28.9 Å². The molecule has 1 aliphatic rings. The largest absolute Gasteiger partial charge is 0.493 e. The number of methoxy groups -OCH3 is 1. The van der Waals surface area contributed by atoms with E-state index in [1.807, 2.05) is 19.1 Å². The molecule has 6 nitrogen and oxygen atoms in total. The van der Waals surface area contributed by atoms with Gasteiger partial charge in [-0.15, -0.1) is 0 Å². The summed E-state index contributed by atoms with van der Waals surface area (Å²) in [5, 5.41) is -0.305. The number of amides is 2. The average molecular weight is 593 g/mol. The number of carbonyl (C=O) groups excluding carboxylic acids is 2. The van der Waals surface area contributed by atoms with Gasteiger partial charge < -0.3 is 14.2 Å². The minimum atomic E-state index is -0.326. The predicted octanol–water partition coefficient (Wildman–Crippen LogP) is 6.41. The first-order valence-electron chi connectivity index (χ1n) is 10.8. The first-order valence-corrected chi connectivity index (χ1v) is 12.7. The zero-order chi connectivity index (χ0) is 24.8. The van der Waals surface area contributed by atoms with Crippen LogP contribution in [-0.4, -0.2) is 42.9 Å². The standard InChI is InChI=1S/C26H28INO5S/c1-6-10-33-24-20(27)13-18(14-22(24)31-5)15-23-25(29)28(26(30)34-23)9-11-32-21-12-17(4)7-8-19(21)16(2)3/h6-8,12-16H,1,9-11H2,2-5H3/b23-15-. The van der Waals surface area contributed by atoms with Crippen LogP contribution >= 0.6 is 34.4 Å². The molecule has 0 bridgehead atoms. The topological polar surface area (TPSA) is 65.1 Å². The maximum atomic E-state index is 12.9. The maximum absolute atomic E-state index is 12.9. The fraction of sp³-hybridized carbons (Fsp3) is 0.308. The molecule has 1 saturated heterocycles. The first kappa shape index (κ1) is 26.2. The predicted molar refractivity (Wildman–Crippen MR) is 145 cm³/mol. The van der Waals surface area contributed by atoms with Crippen molar-refractivity contribution >= 4 is 51.6 Å². The summed E-state index contributed by atoms with van der Waals surface area (Å²) in [4.78, 5) is 27.1. The van der Waals surface area contributed by atoms with Gasteiger partial charge in [-0.1, -0.05) is 38.6 Å². The molecule has 2 amide bonds. The summed E-state index contributed by atoms with van der Waals surface area (Å²) in [6.45, 7) is 10.6. The van der Waals surface area contributed by atoms with Gasteiger partial charge in [-0.3, -0.25) is 14.5 Å². The molecule has 0 radical (unpaired) electrons. The summed E-state index contributed by atoms with van der Waals surface area (Å²) in [5.74, 6) is 1.93. The van der Waals surface area contributed by atoms with E-state index in [2.05, 4.69) is 55.2 Å². The van der Waals surface area contributed by atoms with Crippen LogP contribution in [0.25, 0.3) is 6.08 Å². The smallest absolute Gasteiger partial charge is 0.293 e. The Bertz CT molecular complexity index is 1130. The SMILES string of the molecule is C=CCOc1c(I)cc(/C=C2\SC(=O)N(CCOc3cc(C)ccc3C(C)C)C2=O)cc1OC. The Labute approximate surface area is 218 Å². The van der Waals surface area contributed by atoms with E-state index in [9.17, 15) is 9.59 Å². The highest BCUT2D eigenvalue weighted by Crippen LogP contribution is 2.37. The second-order valence-corrected chi connectivity index (χ2v) is 10.2. The third kappa shape index (κ3) is 6.15. The number of ether oxygens (including phenoxy) is 3. The molecule has 0 aliphatic carbocycles. The van der Waals surface area contributed by atoms with Gasteiger partial charge >= 0.3 is 0 Å². The fourth-order valence-corrected chi connectivity index (χ4v) is 5.09. The Morgan fingerprint density at radius 1 is 1.15 bits per heavy atom. The molecule has 2 aromatic rings. The van der Waals surface area contributed by atoms with Crippen molar-refractivity contribution in [3.8, 4) is 17.2 Å². The minimum Gasteiger partial charge on any atom is -0.493 e. The van der Waals surface area contributed by atoms with Crippen molar-refractivity contribution in [2.24, 2.45) is 0 Å². The van der Waals surface area contributed by atoms with Crippen LogP contribution in [0.2, 0.25) is 0 Å². The molecular formula is C26H28INO5S. The minimum absolute atomic E-state index is 0.183. The van der Waals surface area contributed by atoms with Gasteiger partial charge in [-0.05, 0) is 88.2 Å². The van der Waals surface area contributed by atoms with Crippen molar-refractivity contribution in [2.75, 3.05) is 26.9 Å². The molecule has 8 heteroatoms. The molecule has 34 heavy (non-hydrogen) atoms. The van der Waals surface area contributed by atoms with E-state index in [4.69, 9.17) is 14.2 Å². The molecule has 1 aliphatic heterocycles. The van der Waals surface area contributed by atoms with Gasteiger partial charge in [0, 0.05) is 0 Å². The molecule has 0 saturated carbocycles. The second kappa shape index (κ2) is 11.8. The summed E-state index contributed by atoms with van der Waals surface area (Å²) in [6.07, 6.45) is 3.36. The van der Waals surface area contributed by atoms with Crippen molar-refractivity contribution in [1.29, 1.82) is 0 Å². The van der Waals surface area contributed by atoms with Crippen LogP contribution in [0.1, 0.15) is 36.5 Å². The normalized spacial score (nSPS) is 14.8. The molecular weight excluding hydrogens is 565 g/mol. The van der Waals surface area contributed by atoms with Crippen LogP contribution in [0.3, 0.4) is 0 Å². The number of thioether (sulfide) groups is 1. The molecule has 1 heterocycles. The Hall–Kier alpha value is -2.46. The number of benzene rings is 2. The van der Waals surface area contributed by atoms with Gasteiger partial charge in [0.1, 0.15) is 19.0 Å². The van der Waals surface area contributed by atoms with Crippen LogP contribution in [0.5, 0.6) is 17.2 Å². The molecule has 0 atom stereocenters. The molecule has 2 aromatic carbocycles. The molecule has 0 unspecified atom stereocenters. The highest BCUT2D eigenvalue weighted by molar-refractivity contribution is 14.1. The number of halogens is 1. The third-order valence-electron chi connectivity index (χ3n) is 5.13. The number of aryl methyl sites for hydroxylation is 1. The summed E-state index contributed by atoms with van der Waals surface area (Å²) in [7, 11) is 1.56. The van der Waals surface area contributed by atoms with Crippen LogP contribution in [0.15, 0.2) is 47.9 Å². The molecule has 0 spiro atoms. The Kier molecular flexibility index (Phi) is 9.07. The molecule has 1 fully saturated rings. The van der Waals surface area contributed by atoms with Crippen molar-refractivity contribution in [3.63, 3.8) is 0 Å². The van der Waals surface area contributed by atoms with E-state index in [-0.39, 0.29) is 24.3 Å². The van der Waals surface area contributed by atoms with Gasteiger partial charge in [0.25, 0.3) is 11.1 Å². The number of hydrogen-bond donors (Lipinski definition) is 0. The van der Waals surface area contributed by atoms with Crippen LogP contribution in [-0.2, 0) is 4.79 Å². The highest BCUT2D eigenvalue weighted by atomic mass is 127. The maximum Gasteiger partial charge on any atom is 0.293 e. The molecule has 0 N–H and O–H groups in total. The summed E-state index contributed by atoms with van der Waals surface area (Å²) >= 11 is 3.08. The summed E-state index contributed by atoms with van der Waals surface area (Å²) in [5.41, 5.74) is 2.94. The van der Waals surface area contributed by atoms with Gasteiger partial charge in [0.15, 0.2) is 11.5 Å². The monoisotopic (exact) mass is 593 g/mol. The van der Waals surface area contributed by atoms with Gasteiger partial charge in [0.05, 0.1) is 22.1 Å². The molecule has 3 rings (SSSR count). The van der Waals surface area contributed by atoms with Gasteiger partial charge in [-0.25, -0.2) is 0 Å². The Morgan fingerprint density at radius 2 is 1.91 bits per heavy atom. The zero-order valence-corrected chi connectivity index (χ0v) is 22.7. The van der Waals surface area contributed by atoms with E-state index < -0.39 is 0 Å². The second-order valence-electron chi connectivity index (χ2n) is 8.01. The van der Waals surface area contributed by atoms with Crippen molar-refractivity contribution in [1.82, 2.24) is 4.90 Å². The fourth-order valence-electron chi connectivity index (χ4n) is 3.44. The summed E-state index contributed by atoms with van der Waals surface area (Å²) in [6, 6.07) is 9.76. The van der Waals surface area contributed by atoms with E-state index in [0.717, 1.165) is 37.8 Å². The Morgan fingerprint density at radius 3 is 2.59 bits per heavy atom.